The van der Waals surface area contributed by atoms with Crippen LogP contribution in [0.5, 0.6) is 5.75 Å². The monoisotopic (exact) mass is 401 g/mol. The molecule has 2 aliphatic rings. The number of benzene rings is 2. The Morgan fingerprint density at radius 1 is 1.03 bits per heavy atom. The number of carbonyl (C=O) groups excluding carboxylic acids is 2. The molecule has 0 bridgehead atoms. The van der Waals surface area contributed by atoms with Gasteiger partial charge in [-0.15, -0.1) is 0 Å². The van der Waals surface area contributed by atoms with Crippen molar-refractivity contribution in [3.05, 3.63) is 76.2 Å². The van der Waals surface area contributed by atoms with Gasteiger partial charge in [-0.1, -0.05) is 30.3 Å². The second kappa shape index (κ2) is 7.48. The summed E-state index contributed by atoms with van der Waals surface area (Å²) in [6.45, 7) is 2.94. The van der Waals surface area contributed by atoms with Crippen LogP contribution in [0.4, 0.5) is 0 Å². The van der Waals surface area contributed by atoms with Crippen molar-refractivity contribution < 1.29 is 18.7 Å². The first-order valence-corrected chi connectivity index (χ1v) is 10.4. The van der Waals surface area contributed by atoms with E-state index >= 15 is 0 Å². The zero-order valence-corrected chi connectivity index (χ0v) is 16.9. The first-order valence-electron chi connectivity index (χ1n) is 10.4. The van der Waals surface area contributed by atoms with Crippen LogP contribution in [0.3, 0.4) is 0 Å². The lowest BCUT2D eigenvalue weighted by Crippen LogP contribution is -2.23. The van der Waals surface area contributed by atoms with E-state index in [1.165, 1.54) is 5.56 Å². The minimum Gasteiger partial charge on any atom is -0.493 e. The van der Waals surface area contributed by atoms with Crippen molar-refractivity contribution in [1.82, 2.24) is 5.32 Å². The van der Waals surface area contributed by atoms with Crippen LogP contribution in [-0.4, -0.2) is 18.3 Å². The number of nitrogens with one attached hydrogen (secondary N) is 1. The van der Waals surface area contributed by atoms with Gasteiger partial charge < -0.3 is 14.5 Å². The summed E-state index contributed by atoms with van der Waals surface area (Å²) in [4.78, 5) is 24.8. The Hall–Kier alpha value is -3.34. The quantitative estimate of drug-likeness (QED) is 0.692. The van der Waals surface area contributed by atoms with E-state index in [0.717, 1.165) is 41.9 Å². The van der Waals surface area contributed by atoms with Gasteiger partial charge in [-0.3, -0.25) is 9.59 Å². The number of Topliss-reactive ketones (excluding diaryl/α,β-unsaturated/α-hetero) is 1. The number of aryl methyl sites for hydroxylation is 1. The smallest absolute Gasteiger partial charge is 0.287 e. The number of rotatable bonds is 4. The average Bonchev–Trinajstić information content (AvgIpc) is 3.37. The van der Waals surface area contributed by atoms with Crippen LogP contribution in [0.2, 0.25) is 0 Å². The number of ether oxygens (including phenoxy) is 1. The molecular weight excluding hydrogens is 378 g/mol. The second-order valence-corrected chi connectivity index (χ2v) is 7.93. The number of furan rings is 1. The van der Waals surface area contributed by atoms with Crippen molar-refractivity contribution in [2.45, 2.75) is 39.2 Å². The standard InChI is InChI=1S/C25H23NO4/c1-15-23-20(27)3-2-4-22(23)30-24(15)25(28)26-14-16-5-7-17(8-6-16)18-9-10-21-19(13-18)11-12-29-21/h5-10,13H,2-4,11-12,14H2,1H3,(H,26,28). The van der Waals surface area contributed by atoms with Crippen molar-refractivity contribution in [2.75, 3.05) is 6.61 Å². The summed E-state index contributed by atoms with van der Waals surface area (Å²) < 4.78 is 11.3. The van der Waals surface area contributed by atoms with E-state index < -0.39 is 0 Å². The first-order chi connectivity index (χ1) is 14.6. The predicted octanol–water partition coefficient (Wildman–Crippen LogP) is 4.64. The first kappa shape index (κ1) is 18.7. The van der Waals surface area contributed by atoms with E-state index in [2.05, 4.69) is 29.6 Å². The van der Waals surface area contributed by atoms with Gasteiger partial charge in [-0.2, -0.15) is 0 Å². The molecule has 1 amide bonds. The van der Waals surface area contributed by atoms with E-state index in [4.69, 9.17) is 9.15 Å². The van der Waals surface area contributed by atoms with Crippen molar-refractivity contribution >= 4 is 11.7 Å². The number of hydrogen-bond donors (Lipinski definition) is 1. The van der Waals surface area contributed by atoms with Gasteiger partial charge >= 0.3 is 0 Å². The van der Waals surface area contributed by atoms with Gasteiger partial charge in [0.1, 0.15) is 11.5 Å². The number of hydrogen-bond acceptors (Lipinski definition) is 4. The van der Waals surface area contributed by atoms with E-state index in [9.17, 15) is 9.59 Å². The van der Waals surface area contributed by atoms with E-state index in [1.807, 2.05) is 18.2 Å². The highest BCUT2D eigenvalue weighted by molar-refractivity contribution is 6.03. The highest BCUT2D eigenvalue weighted by Gasteiger charge is 2.28. The van der Waals surface area contributed by atoms with Gasteiger partial charge in [0.25, 0.3) is 5.91 Å². The van der Waals surface area contributed by atoms with E-state index in [-0.39, 0.29) is 17.5 Å². The molecule has 152 valence electrons. The summed E-state index contributed by atoms with van der Waals surface area (Å²) in [5.41, 5.74) is 5.81. The molecule has 5 nitrogen and oxygen atoms in total. The third-order valence-corrected chi connectivity index (χ3v) is 5.94. The highest BCUT2D eigenvalue weighted by Crippen LogP contribution is 2.31. The molecule has 1 N–H and O–H groups in total. The third kappa shape index (κ3) is 3.30. The number of carbonyl (C=O) groups is 2. The second-order valence-electron chi connectivity index (χ2n) is 7.93. The lowest BCUT2D eigenvalue weighted by atomic mass is 9.94. The Bertz CT molecular complexity index is 1140. The van der Waals surface area contributed by atoms with Crippen molar-refractivity contribution in [3.63, 3.8) is 0 Å². The lowest BCUT2D eigenvalue weighted by molar-refractivity contribution is 0.0917. The predicted molar refractivity (Wildman–Crippen MR) is 113 cm³/mol. The third-order valence-electron chi connectivity index (χ3n) is 5.94. The number of fused-ring (bicyclic) bond motifs is 2. The molecule has 0 unspecified atom stereocenters. The fourth-order valence-corrected chi connectivity index (χ4v) is 4.31. The summed E-state index contributed by atoms with van der Waals surface area (Å²) in [6.07, 6.45) is 2.97. The highest BCUT2D eigenvalue weighted by atomic mass is 16.5. The average molecular weight is 401 g/mol. The summed E-state index contributed by atoms with van der Waals surface area (Å²) in [5.74, 6) is 1.68. The van der Waals surface area contributed by atoms with Crippen LogP contribution in [-0.2, 0) is 19.4 Å². The Labute approximate surface area is 175 Å². The number of ketones is 1. The van der Waals surface area contributed by atoms with Crippen LogP contribution >= 0.6 is 0 Å². The SMILES string of the molecule is Cc1c(C(=O)NCc2ccc(-c3ccc4c(c3)CCO4)cc2)oc2c1C(=O)CCC2. The molecule has 0 atom stereocenters. The molecule has 1 aliphatic carbocycles. The van der Waals surface area contributed by atoms with Gasteiger partial charge in [-0.25, -0.2) is 0 Å². The maximum Gasteiger partial charge on any atom is 0.287 e. The van der Waals surface area contributed by atoms with Crippen LogP contribution < -0.4 is 10.1 Å². The Balaban J connectivity index is 1.27. The molecule has 0 saturated carbocycles. The minimum atomic E-state index is -0.280. The molecule has 0 saturated heterocycles. The molecule has 1 aliphatic heterocycles. The Morgan fingerprint density at radius 2 is 1.83 bits per heavy atom. The van der Waals surface area contributed by atoms with Crippen LogP contribution in [0.1, 0.15) is 56.2 Å². The molecule has 0 fully saturated rings. The number of amides is 1. The zero-order chi connectivity index (χ0) is 20.7. The fourth-order valence-electron chi connectivity index (χ4n) is 4.31. The Kier molecular flexibility index (Phi) is 4.66. The van der Waals surface area contributed by atoms with Crippen molar-refractivity contribution in [1.29, 1.82) is 0 Å². The molecule has 3 aromatic rings. The Morgan fingerprint density at radius 3 is 2.63 bits per heavy atom. The molecule has 2 aromatic carbocycles. The maximum atomic E-state index is 12.6. The van der Waals surface area contributed by atoms with Crippen molar-refractivity contribution in [3.8, 4) is 16.9 Å². The summed E-state index contributed by atoms with van der Waals surface area (Å²) in [7, 11) is 0. The fraction of sp³-hybridized carbons (Fsp3) is 0.280. The summed E-state index contributed by atoms with van der Waals surface area (Å²) in [5, 5.41) is 2.91. The van der Waals surface area contributed by atoms with Gasteiger partial charge in [0, 0.05) is 31.4 Å². The lowest BCUT2D eigenvalue weighted by Gasteiger charge is -2.08. The van der Waals surface area contributed by atoms with E-state index in [0.29, 0.717) is 36.3 Å². The molecule has 5 rings (SSSR count). The molecule has 1 aromatic heterocycles. The van der Waals surface area contributed by atoms with Gasteiger partial charge in [0.2, 0.25) is 0 Å². The topological polar surface area (TPSA) is 68.5 Å². The molecule has 30 heavy (non-hydrogen) atoms. The van der Waals surface area contributed by atoms with Crippen molar-refractivity contribution in [2.24, 2.45) is 0 Å². The molecule has 2 heterocycles. The van der Waals surface area contributed by atoms with Gasteiger partial charge in [-0.05, 0) is 47.7 Å². The van der Waals surface area contributed by atoms with Gasteiger partial charge in [0.15, 0.2) is 11.5 Å². The maximum absolute atomic E-state index is 12.6. The van der Waals surface area contributed by atoms with Crippen LogP contribution in [0.15, 0.2) is 46.9 Å². The van der Waals surface area contributed by atoms with Crippen LogP contribution in [0, 0.1) is 6.92 Å². The minimum absolute atomic E-state index is 0.0743. The molecule has 5 heteroatoms. The van der Waals surface area contributed by atoms with Crippen LogP contribution in [0.25, 0.3) is 11.1 Å². The zero-order valence-electron chi connectivity index (χ0n) is 16.9. The van der Waals surface area contributed by atoms with E-state index in [1.54, 1.807) is 6.92 Å². The molecule has 0 radical (unpaired) electrons. The van der Waals surface area contributed by atoms with Gasteiger partial charge in [0.05, 0.1) is 12.2 Å². The summed E-state index contributed by atoms with van der Waals surface area (Å²) in [6, 6.07) is 14.4. The largest absolute Gasteiger partial charge is 0.493 e. The summed E-state index contributed by atoms with van der Waals surface area (Å²) >= 11 is 0. The molecule has 0 spiro atoms. The molecular formula is C25H23NO4. The normalized spacial score (nSPS) is 14.8.